The van der Waals surface area contributed by atoms with Gasteiger partial charge in [0.1, 0.15) is 11.0 Å². The monoisotopic (exact) mass is 488 g/mol. The minimum absolute atomic E-state index is 0.0938. The highest BCUT2D eigenvalue weighted by atomic mass is 16.6. The van der Waals surface area contributed by atoms with E-state index in [1.165, 1.54) is 0 Å². The summed E-state index contributed by atoms with van der Waals surface area (Å²) in [5.41, 5.74) is -0.400. The van der Waals surface area contributed by atoms with Crippen molar-refractivity contribution in [2.45, 2.75) is 84.3 Å². The number of allylic oxidation sites excluding steroid dienone is 1. The van der Waals surface area contributed by atoms with E-state index in [0.29, 0.717) is 24.8 Å². The molecular weight excluding hydrogens is 454 g/mol. The fraction of sp³-hybridized carbons (Fsp3) is 0.600. The molecule has 0 aromatic rings. The Balaban J connectivity index is 1.55. The first-order valence-electron chi connectivity index (χ1n) is 12.0. The summed E-state index contributed by atoms with van der Waals surface area (Å²) in [7, 11) is 0. The third-order valence-corrected chi connectivity index (χ3v) is 6.32. The number of aliphatic hydroxyl groups excluding tert-OH is 1. The zero-order valence-electron chi connectivity index (χ0n) is 20.7. The average molecular weight is 489 g/mol. The van der Waals surface area contributed by atoms with Crippen LogP contribution < -0.4 is 10.6 Å². The van der Waals surface area contributed by atoms with Gasteiger partial charge in [-0.05, 0) is 58.6 Å². The van der Waals surface area contributed by atoms with E-state index in [2.05, 4.69) is 10.6 Å². The number of imide groups is 1. The number of piperidine rings is 1. The molecule has 0 radical (unpaired) electrons. The van der Waals surface area contributed by atoms with Crippen LogP contribution in [0.4, 0.5) is 0 Å². The Morgan fingerprint density at radius 1 is 1.23 bits per heavy atom. The molecule has 2 atom stereocenters. The first kappa shape index (κ1) is 26.3. The predicted octanol–water partition coefficient (Wildman–Crippen LogP) is 1.58. The molecule has 2 aliphatic heterocycles. The highest BCUT2D eigenvalue weighted by Crippen LogP contribution is 2.42. The Hall–Kier alpha value is -3.30. The number of fused-ring (bicyclic) bond motifs is 1. The molecule has 2 heterocycles. The number of hydrogen-bond donors (Lipinski definition) is 3. The molecule has 2 unspecified atom stereocenters. The Kier molecular flexibility index (Phi) is 7.62. The van der Waals surface area contributed by atoms with Gasteiger partial charge in [-0.15, -0.1) is 4.58 Å². The van der Waals surface area contributed by atoms with Gasteiger partial charge < -0.3 is 15.2 Å². The van der Waals surface area contributed by atoms with E-state index in [-0.39, 0.29) is 55.9 Å². The van der Waals surface area contributed by atoms with Crippen LogP contribution in [0.1, 0.15) is 72.6 Å². The van der Waals surface area contributed by atoms with Crippen LogP contribution in [0.2, 0.25) is 0 Å². The van der Waals surface area contributed by atoms with E-state index in [1.807, 2.05) is 26.8 Å². The average Bonchev–Trinajstić information content (AvgIpc) is 2.94. The van der Waals surface area contributed by atoms with E-state index in [1.54, 1.807) is 13.0 Å². The third-order valence-electron chi connectivity index (χ3n) is 6.32. The lowest BCUT2D eigenvalue weighted by Crippen LogP contribution is -2.51. The Labute approximate surface area is 204 Å². The number of rotatable bonds is 8. The fourth-order valence-corrected chi connectivity index (χ4v) is 4.43. The van der Waals surface area contributed by atoms with Gasteiger partial charge in [-0.3, -0.25) is 24.5 Å². The number of carbonyl (C=O) groups is 5. The number of hydrogen-bond acceptors (Lipinski definition) is 6. The van der Waals surface area contributed by atoms with Gasteiger partial charge in [0, 0.05) is 32.2 Å². The maximum atomic E-state index is 13.1. The van der Waals surface area contributed by atoms with Gasteiger partial charge in [0.15, 0.2) is 0 Å². The Morgan fingerprint density at radius 3 is 2.57 bits per heavy atom. The number of carbonyl (C=O) groups excluding carboxylic acids is 5. The Morgan fingerprint density at radius 2 is 1.91 bits per heavy atom. The summed E-state index contributed by atoms with van der Waals surface area (Å²) < 4.78 is 6.34. The van der Waals surface area contributed by atoms with Crippen LogP contribution in [0.25, 0.3) is 0 Å². The van der Waals surface area contributed by atoms with Gasteiger partial charge in [-0.25, -0.2) is 4.79 Å². The highest BCUT2D eigenvalue weighted by Gasteiger charge is 2.59. The number of nitrogens with one attached hydrogen (secondary N) is 2. The van der Waals surface area contributed by atoms with Crippen molar-refractivity contribution < 1.29 is 38.4 Å². The molecule has 35 heavy (non-hydrogen) atoms. The summed E-state index contributed by atoms with van der Waals surface area (Å²) in [6.07, 6.45) is 5.69. The van der Waals surface area contributed by atoms with Crippen LogP contribution in [0.5, 0.6) is 0 Å². The smallest absolute Gasteiger partial charge is 0.401 e. The van der Waals surface area contributed by atoms with Crippen LogP contribution in [0.15, 0.2) is 23.3 Å². The number of aliphatic hydroxyl groups is 1. The molecule has 0 saturated carbocycles. The van der Waals surface area contributed by atoms with Crippen molar-refractivity contribution in [3.63, 3.8) is 0 Å². The van der Waals surface area contributed by atoms with Crippen LogP contribution in [0, 0.1) is 5.41 Å². The van der Waals surface area contributed by atoms with Gasteiger partial charge in [-0.2, -0.15) is 0 Å². The van der Waals surface area contributed by atoms with Crippen LogP contribution in [-0.2, 0) is 28.7 Å². The summed E-state index contributed by atoms with van der Waals surface area (Å²) in [5.74, 6) is -2.12. The molecule has 3 rings (SSSR count). The minimum Gasteiger partial charge on any atom is -0.460 e. The zero-order chi connectivity index (χ0) is 26.0. The Bertz CT molecular complexity index is 1050. The quantitative estimate of drug-likeness (QED) is 0.204. The molecule has 0 spiro atoms. The van der Waals surface area contributed by atoms with Gasteiger partial charge in [0.2, 0.25) is 17.9 Å². The molecule has 10 heteroatoms. The van der Waals surface area contributed by atoms with E-state index >= 15 is 0 Å². The van der Waals surface area contributed by atoms with E-state index in [9.17, 15) is 29.1 Å². The standard InChI is InChI=1S/C25H33N3O7/c1-24(2,3)35-20(31)8-6-5-7-18(29)26-14-15-11-12-25(4)16(13-15)22(33)28(23(25)34)17-9-10-19(30)27-21(17)32/h11,13,17H,5-10,12,14H2,1-4H3,(H2,26,27,29,30,32)/p+1. The molecule has 0 aromatic heterocycles. The number of amides is 4. The van der Waals surface area contributed by atoms with Crippen molar-refractivity contribution in [3.05, 3.63) is 23.3 Å². The van der Waals surface area contributed by atoms with Gasteiger partial charge in [-0.1, -0.05) is 6.08 Å². The van der Waals surface area contributed by atoms with Gasteiger partial charge in [0.05, 0.1) is 5.57 Å². The lowest BCUT2D eigenvalue weighted by Gasteiger charge is -2.23. The van der Waals surface area contributed by atoms with Crippen molar-refractivity contribution in [3.8, 4) is 0 Å². The second kappa shape index (κ2) is 10.1. The molecular formula is C25H34N3O7+. The molecule has 1 saturated heterocycles. The van der Waals surface area contributed by atoms with Crippen LogP contribution >= 0.6 is 0 Å². The number of ether oxygens (including phenoxy) is 1. The van der Waals surface area contributed by atoms with Crippen LogP contribution in [0.3, 0.4) is 0 Å². The normalized spacial score (nSPS) is 24.5. The maximum absolute atomic E-state index is 13.1. The molecule has 10 nitrogen and oxygen atoms in total. The molecule has 4 amide bonds. The zero-order valence-corrected chi connectivity index (χ0v) is 20.7. The molecule has 190 valence electrons. The SMILES string of the molecule is CC(C)(C)OC(=O)CCCCC(=O)NCC1=CCC2(C)C(=O)[N+](C3CCC(=O)NC3=O)=C(O)C2=C1. The summed E-state index contributed by atoms with van der Waals surface area (Å²) in [6, 6.07) is -0.938. The number of unbranched alkanes of at least 4 members (excludes halogenated alkanes) is 1. The summed E-state index contributed by atoms with van der Waals surface area (Å²) in [5, 5.41) is 15.9. The molecule has 0 bridgehead atoms. The summed E-state index contributed by atoms with van der Waals surface area (Å²) >= 11 is 0. The number of nitrogens with zero attached hydrogens (tertiary/aromatic N) is 1. The second-order valence-electron chi connectivity index (χ2n) is 10.4. The maximum Gasteiger partial charge on any atom is 0.401 e. The number of esters is 1. The minimum atomic E-state index is -1.01. The lowest BCUT2D eigenvalue weighted by atomic mass is 9.76. The third kappa shape index (κ3) is 6.04. The van der Waals surface area contributed by atoms with Crippen molar-refractivity contribution in [1.82, 2.24) is 10.6 Å². The first-order chi connectivity index (χ1) is 16.3. The van der Waals surface area contributed by atoms with E-state index < -0.39 is 28.9 Å². The fourth-order valence-electron chi connectivity index (χ4n) is 4.43. The molecule has 1 aliphatic carbocycles. The second-order valence-corrected chi connectivity index (χ2v) is 10.4. The van der Waals surface area contributed by atoms with Crippen molar-refractivity contribution in [1.29, 1.82) is 0 Å². The lowest BCUT2D eigenvalue weighted by molar-refractivity contribution is -0.483. The van der Waals surface area contributed by atoms with E-state index in [0.717, 1.165) is 10.1 Å². The molecule has 0 aromatic carbocycles. The highest BCUT2D eigenvalue weighted by molar-refractivity contribution is 6.08. The predicted molar refractivity (Wildman–Crippen MR) is 125 cm³/mol. The summed E-state index contributed by atoms with van der Waals surface area (Å²) in [6.45, 7) is 7.36. The molecule has 1 fully saturated rings. The largest absolute Gasteiger partial charge is 0.460 e. The first-order valence-corrected chi connectivity index (χ1v) is 12.0. The van der Waals surface area contributed by atoms with Crippen LogP contribution in [-0.4, -0.2) is 63.4 Å². The van der Waals surface area contributed by atoms with Gasteiger partial charge >= 0.3 is 17.8 Å². The van der Waals surface area contributed by atoms with E-state index in [4.69, 9.17) is 4.74 Å². The summed E-state index contributed by atoms with van der Waals surface area (Å²) in [4.78, 5) is 60.9. The van der Waals surface area contributed by atoms with Crippen molar-refractivity contribution in [2.24, 2.45) is 5.41 Å². The van der Waals surface area contributed by atoms with Gasteiger partial charge in [0.25, 0.3) is 5.91 Å². The van der Waals surface area contributed by atoms with Crippen molar-refractivity contribution in [2.75, 3.05) is 6.54 Å². The molecule has 3 N–H and O–H groups in total. The van der Waals surface area contributed by atoms with Crippen molar-refractivity contribution >= 4 is 35.5 Å². The topological polar surface area (TPSA) is 142 Å². The molecule has 3 aliphatic rings.